The first-order chi connectivity index (χ1) is 11.2. The SMILES string of the molecule is Cc1ccc(C(=O)N(C2CC2)C2CCCc3ccccc32)cc1. The summed E-state index contributed by atoms with van der Waals surface area (Å²) < 4.78 is 0. The van der Waals surface area contributed by atoms with Crippen LogP contribution in [0.15, 0.2) is 48.5 Å². The van der Waals surface area contributed by atoms with Crippen molar-refractivity contribution in [2.24, 2.45) is 0 Å². The molecule has 2 nitrogen and oxygen atoms in total. The van der Waals surface area contributed by atoms with Crippen molar-refractivity contribution in [3.8, 4) is 0 Å². The van der Waals surface area contributed by atoms with Gasteiger partial charge in [0, 0.05) is 11.6 Å². The van der Waals surface area contributed by atoms with Gasteiger partial charge in [-0.05, 0) is 62.3 Å². The van der Waals surface area contributed by atoms with E-state index in [1.54, 1.807) is 0 Å². The summed E-state index contributed by atoms with van der Waals surface area (Å²) in [5.41, 5.74) is 4.81. The molecule has 4 rings (SSSR count). The van der Waals surface area contributed by atoms with Crippen molar-refractivity contribution in [2.75, 3.05) is 0 Å². The number of fused-ring (bicyclic) bond motifs is 1. The number of carbonyl (C=O) groups is 1. The molecule has 2 aliphatic rings. The Labute approximate surface area is 138 Å². The Bertz CT molecular complexity index is 715. The molecule has 2 aliphatic carbocycles. The van der Waals surface area contributed by atoms with Crippen molar-refractivity contribution in [1.29, 1.82) is 0 Å². The van der Waals surface area contributed by atoms with E-state index in [0.717, 1.165) is 31.2 Å². The second-order valence-corrected chi connectivity index (χ2v) is 6.92. The second kappa shape index (κ2) is 5.84. The molecule has 2 aromatic carbocycles. The molecule has 0 aliphatic heterocycles. The topological polar surface area (TPSA) is 20.3 Å². The van der Waals surface area contributed by atoms with Gasteiger partial charge in [-0.2, -0.15) is 0 Å². The highest BCUT2D eigenvalue weighted by atomic mass is 16.2. The van der Waals surface area contributed by atoms with Crippen molar-refractivity contribution >= 4 is 5.91 Å². The summed E-state index contributed by atoms with van der Waals surface area (Å²) in [5, 5.41) is 0. The van der Waals surface area contributed by atoms with E-state index in [0.29, 0.717) is 6.04 Å². The van der Waals surface area contributed by atoms with Gasteiger partial charge in [-0.1, -0.05) is 42.0 Å². The zero-order valence-electron chi connectivity index (χ0n) is 13.7. The minimum Gasteiger partial charge on any atom is -0.329 e. The molecule has 2 heteroatoms. The molecular weight excluding hydrogens is 282 g/mol. The van der Waals surface area contributed by atoms with Gasteiger partial charge in [-0.25, -0.2) is 0 Å². The Morgan fingerprint density at radius 3 is 2.48 bits per heavy atom. The van der Waals surface area contributed by atoms with Gasteiger partial charge in [0.25, 0.3) is 5.91 Å². The van der Waals surface area contributed by atoms with E-state index in [4.69, 9.17) is 0 Å². The normalized spacial score (nSPS) is 20.0. The van der Waals surface area contributed by atoms with E-state index in [-0.39, 0.29) is 11.9 Å². The van der Waals surface area contributed by atoms with E-state index in [9.17, 15) is 4.79 Å². The molecule has 118 valence electrons. The van der Waals surface area contributed by atoms with Gasteiger partial charge in [0.15, 0.2) is 0 Å². The lowest BCUT2D eigenvalue weighted by Crippen LogP contribution is -2.38. The smallest absolute Gasteiger partial charge is 0.254 e. The van der Waals surface area contributed by atoms with Gasteiger partial charge in [-0.15, -0.1) is 0 Å². The lowest BCUT2D eigenvalue weighted by atomic mass is 9.86. The molecular formula is C21H23NO. The summed E-state index contributed by atoms with van der Waals surface area (Å²) in [7, 11) is 0. The van der Waals surface area contributed by atoms with Crippen molar-refractivity contribution < 1.29 is 4.79 Å². The molecule has 0 bridgehead atoms. The first-order valence-electron chi connectivity index (χ1n) is 8.71. The third-order valence-electron chi connectivity index (χ3n) is 5.15. The maximum atomic E-state index is 13.2. The molecule has 0 radical (unpaired) electrons. The molecule has 23 heavy (non-hydrogen) atoms. The van der Waals surface area contributed by atoms with Crippen LogP contribution in [0.2, 0.25) is 0 Å². The average Bonchev–Trinajstić information content (AvgIpc) is 3.41. The third kappa shape index (κ3) is 2.78. The van der Waals surface area contributed by atoms with Crippen LogP contribution in [0.5, 0.6) is 0 Å². The zero-order chi connectivity index (χ0) is 15.8. The van der Waals surface area contributed by atoms with Crippen molar-refractivity contribution in [2.45, 2.75) is 51.1 Å². The highest BCUT2D eigenvalue weighted by molar-refractivity contribution is 5.95. The molecule has 2 aromatic rings. The van der Waals surface area contributed by atoms with Gasteiger partial charge in [0.05, 0.1) is 6.04 Å². The number of rotatable bonds is 3. The van der Waals surface area contributed by atoms with Gasteiger partial charge < -0.3 is 4.90 Å². The maximum Gasteiger partial charge on any atom is 0.254 e. The fourth-order valence-corrected chi connectivity index (χ4v) is 3.78. The molecule has 1 amide bonds. The summed E-state index contributed by atoms with van der Waals surface area (Å²) in [6.07, 6.45) is 5.70. The van der Waals surface area contributed by atoms with E-state index in [1.807, 2.05) is 24.3 Å². The van der Waals surface area contributed by atoms with Crippen LogP contribution in [0.1, 0.15) is 58.8 Å². The largest absolute Gasteiger partial charge is 0.329 e. The van der Waals surface area contributed by atoms with Crippen LogP contribution in [-0.2, 0) is 6.42 Å². The molecule has 0 spiro atoms. The standard InChI is InChI=1S/C21H23NO/c1-15-9-11-17(12-10-15)21(23)22(18-13-14-18)20-8-4-6-16-5-2-3-7-19(16)20/h2-3,5,7,9-12,18,20H,4,6,8,13-14H2,1H3. The highest BCUT2D eigenvalue weighted by Gasteiger charge is 2.39. The molecule has 0 aromatic heterocycles. The van der Waals surface area contributed by atoms with Gasteiger partial charge in [0.2, 0.25) is 0 Å². The first kappa shape index (κ1) is 14.5. The average molecular weight is 305 g/mol. The highest BCUT2D eigenvalue weighted by Crippen LogP contribution is 2.41. The number of carbonyl (C=O) groups excluding carboxylic acids is 1. The molecule has 0 saturated heterocycles. The van der Waals surface area contributed by atoms with Crippen LogP contribution in [0.4, 0.5) is 0 Å². The van der Waals surface area contributed by atoms with E-state index in [1.165, 1.54) is 23.1 Å². The van der Waals surface area contributed by atoms with E-state index >= 15 is 0 Å². The number of hydrogen-bond donors (Lipinski definition) is 0. The summed E-state index contributed by atoms with van der Waals surface area (Å²) >= 11 is 0. The van der Waals surface area contributed by atoms with Crippen LogP contribution < -0.4 is 0 Å². The van der Waals surface area contributed by atoms with Crippen LogP contribution >= 0.6 is 0 Å². The predicted octanol–water partition coefficient (Wildman–Crippen LogP) is 4.68. The van der Waals surface area contributed by atoms with Crippen molar-refractivity contribution in [3.63, 3.8) is 0 Å². The van der Waals surface area contributed by atoms with Crippen LogP contribution in [0, 0.1) is 6.92 Å². The zero-order valence-corrected chi connectivity index (χ0v) is 13.7. The number of hydrogen-bond acceptors (Lipinski definition) is 1. The minimum absolute atomic E-state index is 0.203. The lowest BCUT2D eigenvalue weighted by Gasteiger charge is -2.36. The van der Waals surface area contributed by atoms with Gasteiger partial charge in [-0.3, -0.25) is 4.79 Å². The van der Waals surface area contributed by atoms with Gasteiger partial charge in [0.1, 0.15) is 0 Å². The molecule has 0 N–H and O–H groups in total. The third-order valence-corrected chi connectivity index (χ3v) is 5.15. The second-order valence-electron chi connectivity index (χ2n) is 6.92. The molecule has 1 atom stereocenters. The Morgan fingerprint density at radius 2 is 1.74 bits per heavy atom. The monoisotopic (exact) mass is 305 g/mol. The van der Waals surface area contributed by atoms with Crippen LogP contribution in [0.25, 0.3) is 0 Å². The lowest BCUT2D eigenvalue weighted by molar-refractivity contribution is 0.0638. The van der Waals surface area contributed by atoms with Gasteiger partial charge >= 0.3 is 0 Å². The van der Waals surface area contributed by atoms with E-state index < -0.39 is 0 Å². The summed E-state index contributed by atoms with van der Waals surface area (Å²) in [5.74, 6) is 0.203. The quantitative estimate of drug-likeness (QED) is 0.806. The molecule has 1 saturated carbocycles. The fourth-order valence-electron chi connectivity index (χ4n) is 3.78. The van der Waals surface area contributed by atoms with E-state index in [2.05, 4.69) is 36.1 Å². The Kier molecular flexibility index (Phi) is 3.68. The number of amides is 1. The number of aryl methyl sites for hydroxylation is 2. The number of benzene rings is 2. The first-order valence-corrected chi connectivity index (χ1v) is 8.71. The minimum atomic E-state index is 0.203. The van der Waals surface area contributed by atoms with Crippen molar-refractivity contribution in [1.82, 2.24) is 4.90 Å². The predicted molar refractivity (Wildman–Crippen MR) is 92.5 cm³/mol. The summed E-state index contributed by atoms with van der Waals surface area (Å²) in [6, 6.07) is 17.4. The van der Waals surface area contributed by atoms with Crippen molar-refractivity contribution in [3.05, 3.63) is 70.8 Å². The Hall–Kier alpha value is -2.09. The molecule has 0 heterocycles. The summed E-state index contributed by atoms with van der Waals surface area (Å²) in [6.45, 7) is 2.06. The van der Waals surface area contributed by atoms with Crippen LogP contribution in [0.3, 0.4) is 0 Å². The maximum absolute atomic E-state index is 13.2. The Balaban J connectivity index is 1.69. The molecule has 1 unspecified atom stereocenters. The van der Waals surface area contributed by atoms with Crippen LogP contribution in [-0.4, -0.2) is 16.8 Å². The summed E-state index contributed by atoms with van der Waals surface area (Å²) in [4.78, 5) is 15.4. The number of nitrogens with zero attached hydrogens (tertiary/aromatic N) is 1. The fraction of sp³-hybridized carbons (Fsp3) is 0.381. The molecule has 1 fully saturated rings. The Morgan fingerprint density at radius 1 is 1.00 bits per heavy atom.